The van der Waals surface area contributed by atoms with Gasteiger partial charge in [-0.05, 0) is 19.1 Å². The van der Waals surface area contributed by atoms with E-state index in [-0.39, 0.29) is 18.9 Å². The number of carbonyl (C=O) groups is 1. The number of sulfonamides is 1. The van der Waals surface area contributed by atoms with Crippen molar-refractivity contribution in [2.24, 2.45) is 0 Å². The zero-order valence-electron chi connectivity index (χ0n) is 9.82. The van der Waals surface area contributed by atoms with E-state index in [0.717, 1.165) is 11.1 Å². The zero-order valence-corrected chi connectivity index (χ0v) is 11.5. The van der Waals surface area contributed by atoms with Crippen molar-refractivity contribution in [3.05, 3.63) is 21.9 Å². The van der Waals surface area contributed by atoms with E-state index >= 15 is 0 Å². The van der Waals surface area contributed by atoms with Gasteiger partial charge >= 0.3 is 0 Å². The van der Waals surface area contributed by atoms with Gasteiger partial charge < -0.3 is 5.32 Å². The molecular formula is C10H16N2O3S2. The standard InChI is InChI=1S/C10H16N2O3S2/c1-8-3-4-9(16-8)7-11-10(13)5-6-12-17(2,14)15/h3-4,12H,5-7H2,1-2H3,(H,11,13). The molecule has 5 nitrogen and oxygen atoms in total. The molecule has 0 unspecified atom stereocenters. The molecule has 1 rings (SSSR count). The van der Waals surface area contributed by atoms with Crippen molar-refractivity contribution in [2.45, 2.75) is 19.9 Å². The van der Waals surface area contributed by atoms with Gasteiger partial charge in [0, 0.05) is 22.7 Å². The van der Waals surface area contributed by atoms with E-state index in [0.29, 0.717) is 6.54 Å². The number of hydrogen-bond acceptors (Lipinski definition) is 4. The molecule has 1 amide bonds. The second-order valence-electron chi connectivity index (χ2n) is 3.71. The number of carbonyl (C=O) groups excluding carboxylic acids is 1. The average molecular weight is 276 g/mol. The van der Waals surface area contributed by atoms with Crippen LogP contribution in [0, 0.1) is 6.92 Å². The van der Waals surface area contributed by atoms with Crippen LogP contribution in [-0.2, 0) is 21.4 Å². The van der Waals surface area contributed by atoms with Crippen molar-refractivity contribution in [3.63, 3.8) is 0 Å². The van der Waals surface area contributed by atoms with Gasteiger partial charge in [0.15, 0.2) is 0 Å². The fourth-order valence-corrected chi connectivity index (χ4v) is 2.51. The highest BCUT2D eigenvalue weighted by Gasteiger charge is 2.05. The van der Waals surface area contributed by atoms with Gasteiger partial charge in [0.05, 0.1) is 12.8 Å². The normalized spacial score (nSPS) is 11.4. The molecule has 96 valence electrons. The van der Waals surface area contributed by atoms with Crippen LogP contribution >= 0.6 is 11.3 Å². The molecule has 17 heavy (non-hydrogen) atoms. The van der Waals surface area contributed by atoms with Crippen LogP contribution in [0.5, 0.6) is 0 Å². The van der Waals surface area contributed by atoms with Crippen molar-refractivity contribution in [3.8, 4) is 0 Å². The van der Waals surface area contributed by atoms with Crippen molar-refractivity contribution >= 4 is 27.3 Å². The Hall–Kier alpha value is -0.920. The molecule has 0 saturated carbocycles. The van der Waals surface area contributed by atoms with E-state index in [9.17, 15) is 13.2 Å². The summed E-state index contributed by atoms with van der Waals surface area (Å²) in [6, 6.07) is 3.96. The Labute approximate surface area is 105 Å². The largest absolute Gasteiger partial charge is 0.351 e. The third kappa shape index (κ3) is 6.40. The van der Waals surface area contributed by atoms with Crippen molar-refractivity contribution in [1.82, 2.24) is 10.0 Å². The van der Waals surface area contributed by atoms with Gasteiger partial charge in [-0.15, -0.1) is 11.3 Å². The SMILES string of the molecule is Cc1ccc(CNC(=O)CCNS(C)(=O)=O)s1. The maximum Gasteiger partial charge on any atom is 0.221 e. The molecule has 0 spiro atoms. The molecule has 1 aromatic rings. The van der Waals surface area contributed by atoms with Crippen LogP contribution in [-0.4, -0.2) is 27.1 Å². The Kier molecular flexibility index (Phi) is 5.10. The Balaban J connectivity index is 2.22. The lowest BCUT2D eigenvalue weighted by atomic mass is 10.4. The molecular weight excluding hydrogens is 260 g/mol. The molecule has 0 saturated heterocycles. The Bertz CT molecular complexity index is 479. The first-order chi connectivity index (χ1) is 7.87. The first-order valence-electron chi connectivity index (χ1n) is 5.13. The van der Waals surface area contributed by atoms with Crippen LogP contribution in [0.4, 0.5) is 0 Å². The van der Waals surface area contributed by atoms with Crippen LogP contribution in [0.1, 0.15) is 16.2 Å². The second kappa shape index (κ2) is 6.13. The Morgan fingerprint density at radius 1 is 1.41 bits per heavy atom. The zero-order chi connectivity index (χ0) is 12.9. The summed E-state index contributed by atoms with van der Waals surface area (Å²) < 4.78 is 23.8. The molecule has 0 aliphatic rings. The van der Waals surface area contributed by atoms with Gasteiger partial charge in [0.1, 0.15) is 0 Å². The summed E-state index contributed by atoms with van der Waals surface area (Å²) in [5, 5.41) is 2.74. The summed E-state index contributed by atoms with van der Waals surface area (Å²) in [7, 11) is -3.21. The van der Waals surface area contributed by atoms with E-state index < -0.39 is 10.0 Å². The molecule has 0 fully saturated rings. The fourth-order valence-electron chi connectivity index (χ4n) is 1.20. The smallest absolute Gasteiger partial charge is 0.221 e. The quantitative estimate of drug-likeness (QED) is 0.799. The molecule has 0 radical (unpaired) electrons. The topological polar surface area (TPSA) is 75.3 Å². The fraction of sp³-hybridized carbons (Fsp3) is 0.500. The number of thiophene rings is 1. The van der Waals surface area contributed by atoms with Gasteiger partial charge in [-0.2, -0.15) is 0 Å². The summed E-state index contributed by atoms with van der Waals surface area (Å²) in [6.45, 7) is 2.64. The maximum atomic E-state index is 11.4. The van der Waals surface area contributed by atoms with Gasteiger partial charge in [0.25, 0.3) is 0 Å². The summed E-state index contributed by atoms with van der Waals surface area (Å²) >= 11 is 1.63. The molecule has 7 heteroatoms. The molecule has 0 aliphatic heterocycles. The third-order valence-corrected chi connectivity index (χ3v) is 3.70. The lowest BCUT2D eigenvalue weighted by Crippen LogP contribution is -2.29. The van der Waals surface area contributed by atoms with Gasteiger partial charge in [-0.1, -0.05) is 0 Å². The number of hydrogen-bond donors (Lipinski definition) is 2. The third-order valence-electron chi connectivity index (χ3n) is 1.97. The van der Waals surface area contributed by atoms with E-state index in [1.807, 2.05) is 19.1 Å². The molecule has 0 aromatic carbocycles. The van der Waals surface area contributed by atoms with Crippen molar-refractivity contribution < 1.29 is 13.2 Å². The number of amides is 1. The number of rotatable bonds is 6. The van der Waals surface area contributed by atoms with Gasteiger partial charge in [-0.3, -0.25) is 4.79 Å². The van der Waals surface area contributed by atoms with E-state index in [1.54, 1.807) is 11.3 Å². The van der Waals surface area contributed by atoms with E-state index in [4.69, 9.17) is 0 Å². The minimum atomic E-state index is -3.21. The maximum absolute atomic E-state index is 11.4. The predicted octanol–water partition coefficient (Wildman–Crippen LogP) is 0.612. The minimum absolute atomic E-state index is 0.133. The number of nitrogens with one attached hydrogen (secondary N) is 2. The Morgan fingerprint density at radius 3 is 2.65 bits per heavy atom. The molecule has 1 aromatic heterocycles. The highest BCUT2D eigenvalue weighted by molar-refractivity contribution is 7.88. The first-order valence-corrected chi connectivity index (χ1v) is 7.84. The first kappa shape index (κ1) is 14.1. The number of aryl methyl sites for hydroxylation is 1. The van der Waals surface area contributed by atoms with Crippen LogP contribution in [0.2, 0.25) is 0 Å². The van der Waals surface area contributed by atoms with E-state index in [1.165, 1.54) is 4.88 Å². The van der Waals surface area contributed by atoms with Gasteiger partial charge in [-0.25, -0.2) is 13.1 Å². The van der Waals surface area contributed by atoms with Gasteiger partial charge in [0.2, 0.25) is 15.9 Å². The predicted molar refractivity (Wildman–Crippen MR) is 68.4 cm³/mol. The molecule has 0 atom stereocenters. The molecule has 0 bridgehead atoms. The highest BCUT2D eigenvalue weighted by atomic mass is 32.2. The second-order valence-corrected chi connectivity index (χ2v) is 6.91. The summed E-state index contributed by atoms with van der Waals surface area (Å²) in [4.78, 5) is 13.7. The highest BCUT2D eigenvalue weighted by Crippen LogP contribution is 2.14. The van der Waals surface area contributed by atoms with Crippen molar-refractivity contribution in [2.75, 3.05) is 12.8 Å². The van der Waals surface area contributed by atoms with Crippen molar-refractivity contribution in [1.29, 1.82) is 0 Å². The molecule has 2 N–H and O–H groups in total. The lowest BCUT2D eigenvalue weighted by Gasteiger charge is -2.04. The summed E-state index contributed by atoms with van der Waals surface area (Å²) in [5.41, 5.74) is 0. The van der Waals surface area contributed by atoms with Crippen LogP contribution in [0.15, 0.2) is 12.1 Å². The summed E-state index contributed by atoms with van der Waals surface area (Å²) in [5.74, 6) is -0.160. The van der Waals surface area contributed by atoms with Crippen LogP contribution < -0.4 is 10.0 Å². The minimum Gasteiger partial charge on any atom is -0.351 e. The molecule has 0 aliphatic carbocycles. The van der Waals surface area contributed by atoms with Crippen LogP contribution in [0.3, 0.4) is 0 Å². The van der Waals surface area contributed by atoms with Crippen LogP contribution in [0.25, 0.3) is 0 Å². The molecule has 1 heterocycles. The Morgan fingerprint density at radius 2 is 2.12 bits per heavy atom. The van der Waals surface area contributed by atoms with E-state index in [2.05, 4.69) is 10.0 Å². The monoisotopic (exact) mass is 276 g/mol. The lowest BCUT2D eigenvalue weighted by molar-refractivity contribution is -0.121. The summed E-state index contributed by atoms with van der Waals surface area (Å²) in [6.07, 6.45) is 1.22. The average Bonchev–Trinajstić information content (AvgIpc) is 2.59.